The summed E-state index contributed by atoms with van der Waals surface area (Å²) in [5.41, 5.74) is 0.0712. The first-order valence-corrected chi connectivity index (χ1v) is 9.58. The Morgan fingerprint density at radius 1 is 1.23 bits per heavy atom. The smallest absolute Gasteiger partial charge is 0.393 e. The first-order valence-electron chi connectivity index (χ1n) is 9.58. The number of hydrogen-bond donors (Lipinski definition) is 1. The van der Waals surface area contributed by atoms with Gasteiger partial charge in [-0.2, -0.15) is 18.3 Å². The molecule has 7 nitrogen and oxygen atoms in total. The van der Waals surface area contributed by atoms with E-state index >= 15 is 0 Å². The van der Waals surface area contributed by atoms with Crippen molar-refractivity contribution in [1.82, 2.24) is 14.7 Å². The summed E-state index contributed by atoms with van der Waals surface area (Å²) in [5.74, 6) is 0.0691. The summed E-state index contributed by atoms with van der Waals surface area (Å²) in [5, 5.41) is 6.65. The fraction of sp³-hybridized carbons (Fsp3) is 0.450. The average Bonchev–Trinajstić information content (AvgIpc) is 2.70. The van der Waals surface area contributed by atoms with Gasteiger partial charge in [-0.15, -0.1) is 0 Å². The van der Waals surface area contributed by atoms with Crippen molar-refractivity contribution in [2.45, 2.75) is 31.5 Å². The number of likely N-dealkylation sites (tertiary alicyclic amines) is 1. The van der Waals surface area contributed by atoms with E-state index in [0.717, 1.165) is 0 Å². The maximum atomic E-state index is 12.8. The molecule has 0 radical (unpaired) electrons. The number of halogens is 3. The minimum Gasteiger partial charge on any atom is -0.490 e. The van der Waals surface area contributed by atoms with Crippen LogP contribution >= 0.6 is 0 Å². The minimum atomic E-state index is -4.31. The second kappa shape index (κ2) is 9.19. The molecule has 0 bridgehead atoms. The number of aromatic nitrogens is 2. The highest BCUT2D eigenvalue weighted by Crippen LogP contribution is 2.29. The molecule has 1 amide bonds. The highest BCUT2D eigenvalue weighted by atomic mass is 19.4. The molecule has 0 spiro atoms. The molecular formula is C20H23F3N4O3. The van der Waals surface area contributed by atoms with Crippen LogP contribution in [-0.4, -0.2) is 52.5 Å². The largest absolute Gasteiger partial charge is 0.490 e. The van der Waals surface area contributed by atoms with E-state index in [4.69, 9.17) is 4.74 Å². The van der Waals surface area contributed by atoms with Crippen molar-refractivity contribution >= 4 is 11.6 Å². The van der Waals surface area contributed by atoms with Crippen LogP contribution in [0.1, 0.15) is 18.4 Å². The summed E-state index contributed by atoms with van der Waals surface area (Å²) in [4.78, 5) is 26.0. The molecule has 30 heavy (non-hydrogen) atoms. The van der Waals surface area contributed by atoms with Crippen LogP contribution < -0.4 is 15.6 Å². The number of nitrogens with zero attached hydrogens (tertiary/aromatic N) is 3. The number of ether oxygens (including phenoxy) is 1. The zero-order chi connectivity index (χ0) is 21.7. The van der Waals surface area contributed by atoms with Gasteiger partial charge in [-0.25, -0.2) is 4.68 Å². The van der Waals surface area contributed by atoms with Gasteiger partial charge in [0, 0.05) is 44.7 Å². The lowest BCUT2D eigenvalue weighted by atomic mass is 10.1. The monoisotopic (exact) mass is 424 g/mol. The van der Waals surface area contributed by atoms with Crippen LogP contribution in [0.4, 0.5) is 18.9 Å². The predicted octanol–water partition coefficient (Wildman–Crippen LogP) is 2.37. The molecule has 1 aromatic carbocycles. The number of carbonyl (C=O) groups excluding carboxylic acids is 1. The molecule has 162 valence electrons. The number of nitrogens with one attached hydrogen (secondary N) is 1. The summed E-state index contributed by atoms with van der Waals surface area (Å²) >= 11 is 0. The topological polar surface area (TPSA) is 76.5 Å². The summed E-state index contributed by atoms with van der Waals surface area (Å²) in [6, 6.07) is 7.66. The number of anilines is 1. The Morgan fingerprint density at radius 2 is 1.93 bits per heavy atom. The van der Waals surface area contributed by atoms with Crippen molar-refractivity contribution in [2.24, 2.45) is 7.05 Å². The van der Waals surface area contributed by atoms with Gasteiger partial charge in [0.15, 0.2) is 0 Å². The number of benzene rings is 1. The molecule has 0 unspecified atom stereocenters. The molecule has 3 rings (SSSR count). The van der Waals surface area contributed by atoms with Crippen molar-refractivity contribution in [3.8, 4) is 5.75 Å². The molecule has 10 heteroatoms. The zero-order valence-electron chi connectivity index (χ0n) is 16.5. The van der Waals surface area contributed by atoms with E-state index in [-0.39, 0.29) is 35.4 Å². The summed E-state index contributed by atoms with van der Waals surface area (Å²) in [7, 11) is 1.52. The number of aryl methyl sites for hydroxylation is 1. The first-order chi connectivity index (χ1) is 14.2. The number of carbonyl (C=O) groups is 1. The Morgan fingerprint density at radius 3 is 2.63 bits per heavy atom. The number of alkyl halides is 3. The van der Waals surface area contributed by atoms with Gasteiger partial charge in [-0.3, -0.25) is 9.59 Å². The molecule has 0 atom stereocenters. The first kappa shape index (κ1) is 21.7. The molecule has 2 heterocycles. The third kappa shape index (κ3) is 5.74. The second-order valence-electron chi connectivity index (χ2n) is 7.12. The highest BCUT2D eigenvalue weighted by molar-refractivity contribution is 5.80. The Labute approximate surface area is 171 Å². The Balaban J connectivity index is 1.51. The zero-order valence-corrected chi connectivity index (χ0v) is 16.5. The van der Waals surface area contributed by atoms with Crippen LogP contribution in [0.3, 0.4) is 0 Å². The van der Waals surface area contributed by atoms with Gasteiger partial charge in [0.05, 0.1) is 13.0 Å². The summed E-state index contributed by atoms with van der Waals surface area (Å²) in [6.45, 7) is 0.834. The van der Waals surface area contributed by atoms with E-state index in [1.807, 2.05) is 0 Å². The maximum absolute atomic E-state index is 12.8. The van der Waals surface area contributed by atoms with E-state index in [1.165, 1.54) is 36.1 Å². The van der Waals surface area contributed by atoms with Crippen LogP contribution in [-0.2, 0) is 18.3 Å². The lowest BCUT2D eigenvalue weighted by molar-refractivity contribution is -0.131. The number of rotatable bonds is 6. The number of hydrogen-bond acceptors (Lipinski definition) is 5. The van der Waals surface area contributed by atoms with Gasteiger partial charge in [0.25, 0.3) is 5.56 Å². The Bertz CT molecular complexity index is 937. The van der Waals surface area contributed by atoms with Gasteiger partial charge in [-0.05, 0) is 12.1 Å². The van der Waals surface area contributed by atoms with Crippen molar-refractivity contribution in [3.63, 3.8) is 0 Å². The fourth-order valence-corrected chi connectivity index (χ4v) is 3.31. The van der Waals surface area contributed by atoms with Gasteiger partial charge in [0.1, 0.15) is 17.5 Å². The molecule has 1 N–H and O–H groups in total. The fourth-order valence-electron chi connectivity index (χ4n) is 3.31. The van der Waals surface area contributed by atoms with E-state index in [1.54, 1.807) is 17.0 Å². The van der Waals surface area contributed by atoms with Gasteiger partial charge < -0.3 is 15.0 Å². The molecule has 1 saturated heterocycles. The molecule has 0 saturated carbocycles. The van der Waals surface area contributed by atoms with Crippen LogP contribution in [0.25, 0.3) is 0 Å². The van der Waals surface area contributed by atoms with Gasteiger partial charge in [0.2, 0.25) is 5.91 Å². The molecule has 1 aliphatic heterocycles. The SMILES string of the molecule is Cn1nccc(NCC(=O)N2CCC(Oc3ccccc3CC(F)(F)F)CC2)c1=O. The van der Waals surface area contributed by atoms with Crippen LogP contribution in [0.15, 0.2) is 41.3 Å². The highest BCUT2D eigenvalue weighted by Gasteiger charge is 2.30. The maximum Gasteiger partial charge on any atom is 0.393 e. The number of amides is 1. The standard InChI is InChI=1S/C20H23F3N4O3/c1-26-19(29)16(6-9-25-26)24-13-18(28)27-10-7-15(8-11-27)30-17-5-3-2-4-14(17)12-20(21,22)23/h2-6,9,15,24H,7-8,10-13H2,1H3. The van der Waals surface area contributed by atoms with Gasteiger partial charge in [-0.1, -0.05) is 18.2 Å². The summed E-state index contributed by atoms with van der Waals surface area (Å²) in [6.07, 6.45) is -3.11. The lowest BCUT2D eigenvalue weighted by Crippen LogP contribution is -2.44. The van der Waals surface area contributed by atoms with E-state index < -0.39 is 12.6 Å². The lowest BCUT2D eigenvalue weighted by Gasteiger charge is -2.32. The molecule has 1 fully saturated rings. The molecule has 0 aliphatic carbocycles. The van der Waals surface area contributed by atoms with Crippen molar-refractivity contribution in [2.75, 3.05) is 25.0 Å². The van der Waals surface area contributed by atoms with E-state index in [0.29, 0.717) is 31.6 Å². The molecular weight excluding hydrogens is 401 g/mol. The third-order valence-corrected chi connectivity index (χ3v) is 4.89. The second-order valence-corrected chi connectivity index (χ2v) is 7.12. The van der Waals surface area contributed by atoms with Crippen molar-refractivity contribution < 1.29 is 22.7 Å². The van der Waals surface area contributed by atoms with E-state index in [9.17, 15) is 22.8 Å². The van der Waals surface area contributed by atoms with Gasteiger partial charge >= 0.3 is 6.18 Å². The summed E-state index contributed by atoms with van der Waals surface area (Å²) < 4.78 is 45.2. The van der Waals surface area contributed by atoms with E-state index in [2.05, 4.69) is 10.4 Å². The van der Waals surface area contributed by atoms with Crippen molar-refractivity contribution in [3.05, 3.63) is 52.4 Å². The number of para-hydroxylation sites is 1. The third-order valence-electron chi connectivity index (χ3n) is 4.89. The molecule has 1 aliphatic rings. The van der Waals surface area contributed by atoms with Crippen LogP contribution in [0.5, 0.6) is 5.75 Å². The molecule has 1 aromatic heterocycles. The Hall–Kier alpha value is -3.04. The molecule has 2 aromatic rings. The quantitative estimate of drug-likeness (QED) is 0.771. The minimum absolute atomic E-state index is 0.0286. The Kier molecular flexibility index (Phi) is 6.63. The normalized spacial score (nSPS) is 15.1. The number of piperidine rings is 1. The van der Waals surface area contributed by atoms with Crippen molar-refractivity contribution in [1.29, 1.82) is 0 Å². The van der Waals surface area contributed by atoms with Crippen LogP contribution in [0, 0.1) is 0 Å². The van der Waals surface area contributed by atoms with Crippen LogP contribution in [0.2, 0.25) is 0 Å². The average molecular weight is 424 g/mol. The predicted molar refractivity (Wildman–Crippen MR) is 104 cm³/mol.